The van der Waals surface area contributed by atoms with Crippen LogP contribution in [-0.2, 0) is 19.4 Å². The number of carboxylic acids is 1. The van der Waals surface area contributed by atoms with E-state index in [0.29, 0.717) is 55.9 Å². The van der Waals surface area contributed by atoms with Crippen LogP contribution >= 0.6 is 0 Å². The van der Waals surface area contributed by atoms with E-state index in [2.05, 4.69) is 70.8 Å². The van der Waals surface area contributed by atoms with Crippen molar-refractivity contribution in [2.24, 2.45) is 50.7 Å². The lowest BCUT2D eigenvalue weighted by atomic mass is 9.33. The number of hydrogen-bond donors (Lipinski definition) is 2. The van der Waals surface area contributed by atoms with E-state index < -0.39 is 27.9 Å². The van der Waals surface area contributed by atoms with E-state index in [1.807, 2.05) is 0 Å². The van der Waals surface area contributed by atoms with Gasteiger partial charge >= 0.3 is 5.97 Å². The van der Waals surface area contributed by atoms with Crippen LogP contribution in [0.1, 0.15) is 119 Å². The molecule has 6 aliphatic carbocycles. The molecule has 290 valence electrons. The molecular weight excluding hydrogens is 676 g/mol. The summed E-state index contributed by atoms with van der Waals surface area (Å²) in [5.41, 5.74) is 3.80. The van der Waals surface area contributed by atoms with Crippen LogP contribution < -0.4 is 5.32 Å². The van der Waals surface area contributed by atoms with Crippen LogP contribution in [0.2, 0.25) is 0 Å². The molecule has 0 amide bonds. The Hall–Kier alpha value is -1.84. The highest BCUT2D eigenvalue weighted by atomic mass is 32.2. The number of Topliss-reactive ketones (excluding diaryl/α,β-unsaturated/α-hetero) is 1. The first-order valence-corrected chi connectivity index (χ1v) is 22.3. The van der Waals surface area contributed by atoms with E-state index in [-0.39, 0.29) is 51.0 Å². The molecule has 9 heteroatoms. The number of hydrogen-bond acceptors (Lipinski definition) is 6. The maximum Gasteiger partial charge on any atom is 0.312 e. The summed E-state index contributed by atoms with van der Waals surface area (Å²) in [6.45, 7) is 18.9. The number of rotatable bonds is 8. The Morgan fingerprint density at radius 3 is 2.29 bits per heavy atom. The van der Waals surface area contributed by atoms with Gasteiger partial charge in [-0.05, 0) is 132 Å². The predicted octanol–water partition coefficient (Wildman–Crippen LogP) is 7.73. The molecule has 8 atom stereocenters. The third kappa shape index (κ3) is 5.61. The number of alkyl halides is 1. The Balaban J connectivity index is 1.16. The SMILES string of the molecule is CC(C)C1=C2[C@H]3CC[C@@H]4[C@@]5(C)CC=C(C6=CC[C@@](CF)(C(=O)O)CC6)C(C)(C)[C@@H]5CC[C@@]4(C)[C@]3(C)CC[C@@]2(NCCN2CCS(=O)(=O)CC2)CC1=O. The molecule has 1 aliphatic heterocycles. The molecule has 3 saturated carbocycles. The molecule has 7 aliphatic rings. The highest BCUT2D eigenvalue weighted by molar-refractivity contribution is 7.91. The van der Waals surface area contributed by atoms with Crippen LogP contribution in [0.5, 0.6) is 0 Å². The molecule has 4 fully saturated rings. The molecule has 1 saturated heterocycles. The van der Waals surface area contributed by atoms with E-state index in [1.54, 1.807) is 0 Å². The first kappa shape index (κ1) is 38.4. The summed E-state index contributed by atoms with van der Waals surface area (Å²) in [4.78, 5) is 28.2. The Morgan fingerprint density at radius 1 is 0.962 bits per heavy atom. The fourth-order valence-corrected chi connectivity index (χ4v) is 15.2. The first-order chi connectivity index (χ1) is 24.3. The molecule has 7 rings (SSSR count). The summed E-state index contributed by atoms with van der Waals surface area (Å²) in [5.74, 6) is 1.37. The van der Waals surface area contributed by atoms with Crippen LogP contribution in [0.15, 0.2) is 34.4 Å². The van der Waals surface area contributed by atoms with Gasteiger partial charge in [0.05, 0.1) is 16.9 Å². The zero-order valence-electron chi connectivity index (χ0n) is 33.0. The van der Waals surface area contributed by atoms with E-state index in [9.17, 15) is 27.5 Å². The molecule has 7 nitrogen and oxygen atoms in total. The molecule has 2 N–H and O–H groups in total. The molecule has 0 spiro atoms. The highest BCUT2D eigenvalue weighted by Crippen LogP contribution is 2.76. The molecule has 0 aromatic heterocycles. The Labute approximate surface area is 312 Å². The summed E-state index contributed by atoms with van der Waals surface area (Å²) >= 11 is 0. The smallest absolute Gasteiger partial charge is 0.312 e. The number of carbonyl (C=O) groups excluding carboxylic acids is 1. The summed E-state index contributed by atoms with van der Waals surface area (Å²) in [7, 11) is -2.92. The Morgan fingerprint density at radius 2 is 1.67 bits per heavy atom. The number of fused-ring (bicyclic) bond motifs is 7. The van der Waals surface area contributed by atoms with Crippen molar-refractivity contribution in [3.8, 4) is 0 Å². The minimum atomic E-state index is -2.92. The molecule has 0 aromatic rings. The summed E-state index contributed by atoms with van der Waals surface area (Å²) in [6.07, 6.45) is 14.0. The van der Waals surface area contributed by atoms with Gasteiger partial charge in [-0.2, -0.15) is 0 Å². The van der Waals surface area contributed by atoms with Crippen molar-refractivity contribution >= 4 is 21.6 Å². The number of sulfone groups is 1. The lowest BCUT2D eigenvalue weighted by Gasteiger charge is -2.71. The highest BCUT2D eigenvalue weighted by Gasteiger charge is 2.69. The van der Waals surface area contributed by atoms with Crippen LogP contribution in [0.4, 0.5) is 4.39 Å². The standard InChI is InChI=1S/C43H65FN2O5S/c1-28(2)35-32(47)26-43(45-20-21-46-22-24-52(50,51)25-23-46)19-18-40(6)31(36(35)43)8-9-34-39(5)14-12-30(38(3,4)33(39)13-15-41(34,40)7)29-10-16-42(27-44,17-11-29)37(48)49/h10,12,28,31,33-34,45H,8-9,11,13-27H2,1-7H3,(H,48,49)/t31-,33+,34-,39+,40-,41-,42-,43-/m1/s1. The van der Waals surface area contributed by atoms with Crippen LogP contribution in [0, 0.1) is 50.7 Å². The largest absolute Gasteiger partial charge is 0.481 e. The van der Waals surface area contributed by atoms with Gasteiger partial charge in [0.15, 0.2) is 15.6 Å². The van der Waals surface area contributed by atoms with E-state index >= 15 is 0 Å². The third-order valence-electron chi connectivity index (χ3n) is 17.0. The van der Waals surface area contributed by atoms with E-state index in [0.717, 1.165) is 57.2 Å². The molecule has 1 heterocycles. The van der Waals surface area contributed by atoms with Gasteiger partial charge in [-0.1, -0.05) is 60.6 Å². The minimum absolute atomic E-state index is 0.0632. The quantitative estimate of drug-likeness (QED) is 0.263. The number of ketones is 1. The lowest BCUT2D eigenvalue weighted by molar-refractivity contribution is -0.196. The van der Waals surface area contributed by atoms with Gasteiger partial charge in [-0.3, -0.25) is 9.59 Å². The van der Waals surface area contributed by atoms with Crippen molar-refractivity contribution in [3.63, 3.8) is 0 Å². The maximum atomic E-state index is 14.0. The zero-order chi connectivity index (χ0) is 37.7. The molecule has 52 heavy (non-hydrogen) atoms. The van der Waals surface area contributed by atoms with Crippen molar-refractivity contribution in [2.45, 2.75) is 125 Å². The van der Waals surface area contributed by atoms with Crippen LogP contribution in [-0.4, -0.2) is 80.1 Å². The number of carboxylic acid groups (broad SMARTS) is 1. The molecule has 0 unspecified atom stereocenters. The lowest BCUT2D eigenvalue weighted by Crippen LogP contribution is -2.66. The monoisotopic (exact) mass is 740 g/mol. The third-order valence-corrected chi connectivity index (χ3v) is 18.6. The van der Waals surface area contributed by atoms with Crippen molar-refractivity contribution in [1.82, 2.24) is 10.2 Å². The second kappa shape index (κ2) is 12.9. The normalized spacial score (nSPS) is 42.9. The van der Waals surface area contributed by atoms with Gasteiger partial charge < -0.3 is 15.3 Å². The predicted molar refractivity (Wildman–Crippen MR) is 204 cm³/mol. The van der Waals surface area contributed by atoms with Crippen LogP contribution in [0.3, 0.4) is 0 Å². The Bertz CT molecular complexity index is 1700. The number of aliphatic carboxylic acids is 1. The van der Waals surface area contributed by atoms with Gasteiger partial charge in [0, 0.05) is 38.1 Å². The summed E-state index contributed by atoms with van der Waals surface area (Å²) in [6, 6.07) is 0. The van der Waals surface area contributed by atoms with E-state index in [1.165, 1.54) is 23.1 Å². The van der Waals surface area contributed by atoms with Crippen molar-refractivity contribution in [3.05, 3.63) is 34.4 Å². The maximum absolute atomic E-state index is 14.0. The van der Waals surface area contributed by atoms with Crippen molar-refractivity contribution in [1.29, 1.82) is 0 Å². The molecule has 0 bridgehead atoms. The molecular formula is C43H65FN2O5S. The number of nitrogens with one attached hydrogen (secondary N) is 1. The summed E-state index contributed by atoms with van der Waals surface area (Å²) in [5, 5.41) is 13.8. The Kier molecular flexibility index (Phi) is 9.51. The average Bonchev–Trinajstić information content (AvgIpc) is 3.38. The van der Waals surface area contributed by atoms with Gasteiger partial charge in [-0.25, -0.2) is 12.8 Å². The number of nitrogens with zero attached hydrogens (tertiary/aromatic N) is 1. The second-order valence-corrected chi connectivity index (χ2v) is 22.2. The number of allylic oxidation sites excluding steroid dienone is 5. The zero-order valence-corrected chi connectivity index (χ0v) is 33.8. The van der Waals surface area contributed by atoms with E-state index in [4.69, 9.17) is 0 Å². The molecule has 0 aromatic carbocycles. The fraction of sp³-hybridized carbons (Fsp3) is 0.814. The molecule has 0 radical (unpaired) electrons. The van der Waals surface area contributed by atoms with Gasteiger partial charge in [-0.15, -0.1) is 0 Å². The first-order valence-electron chi connectivity index (χ1n) is 20.4. The van der Waals surface area contributed by atoms with Crippen molar-refractivity contribution < 1.29 is 27.5 Å². The van der Waals surface area contributed by atoms with Crippen LogP contribution in [0.25, 0.3) is 0 Å². The number of carbonyl (C=O) groups is 2. The minimum Gasteiger partial charge on any atom is -0.481 e. The van der Waals surface area contributed by atoms with Gasteiger partial charge in [0.2, 0.25) is 0 Å². The fourth-order valence-electron chi connectivity index (χ4n) is 13.9. The van der Waals surface area contributed by atoms with Gasteiger partial charge in [0.1, 0.15) is 6.67 Å². The van der Waals surface area contributed by atoms with Crippen molar-refractivity contribution in [2.75, 3.05) is 44.4 Å². The second-order valence-electron chi connectivity index (χ2n) is 19.9. The average molecular weight is 741 g/mol. The van der Waals surface area contributed by atoms with Gasteiger partial charge in [0.25, 0.3) is 0 Å². The number of halogens is 1. The summed E-state index contributed by atoms with van der Waals surface area (Å²) < 4.78 is 38.0. The topological polar surface area (TPSA) is 104 Å².